The number of fused-ring (bicyclic) bond motifs is 1. The lowest BCUT2D eigenvalue weighted by molar-refractivity contribution is -0.384. The number of aromatic nitrogens is 2. The highest BCUT2D eigenvalue weighted by Crippen LogP contribution is 2.28. The minimum atomic E-state index is -0.830. The largest absolute Gasteiger partial charge is 0.491 e. The second kappa shape index (κ2) is 8.93. The van der Waals surface area contributed by atoms with E-state index in [2.05, 4.69) is 4.98 Å². The molecule has 29 heavy (non-hydrogen) atoms. The first-order valence-electron chi connectivity index (χ1n) is 9.00. The van der Waals surface area contributed by atoms with E-state index in [1.807, 2.05) is 20.8 Å². The van der Waals surface area contributed by atoms with E-state index in [4.69, 9.17) is 4.74 Å². The molecule has 3 aromatic rings. The third-order valence-electron chi connectivity index (χ3n) is 4.45. The Labute approximate surface area is 175 Å². The zero-order valence-electron chi connectivity index (χ0n) is 16.2. The average Bonchev–Trinajstić information content (AvgIpc) is 2.98. The van der Waals surface area contributed by atoms with E-state index >= 15 is 0 Å². The molecule has 3 rings (SSSR count). The number of thioether (sulfide) groups is 1. The van der Waals surface area contributed by atoms with Gasteiger partial charge in [0.25, 0.3) is 11.2 Å². The highest BCUT2D eigenvalue weighted by atomic mass is 32.2. The van der Waals surface area contributed by atoms with E-state index < -0.39 is 11.0 Å². The minimum Gasteiger partial charge on any atom is -0.491 e. The molecule has 0 radical (unpaired) electrons. The molecule has 0 unspecified atom stereocenters. The fourth-order valence-electron chi connectivity index (χ4n) is 2.80. The summed E-state index contributed by atoms with van der Waals surface area (Å²) in [6.07, 6.45) is -0.830. The number of aliphatic hydroxyl groups excluding tert-OH is 1. The molecule has 0 bridgehead atoms. The van der Waals surface area contributed by atoms with Crippen LogP contribution in [0.15, 0.2) is 34.2 Å². The van der Waals surface area contributed by atoms with Gasteiger partial charge in [-0.15, -0.1) is 11.3 Å². The second-order valence-corrected chi connectivity index (χ2v) is 8.63. The van der Waals surface area contributed by atoms with Crippen LogP contribution >= 0.6 is 23.1 Å². The van der Waals surface area contributed by atoms with Crippen LogP contribution in [0.4, 0.5) is 5.69 Å². The van der Waals surface area contributed by atoms with Gasteiger partial charge in [0.15, 0.2) is 5.16 Å². The lowest BCUT2D eigenvalue weighted by Crippen LogP contribution is -2.24. The lowest BCUT2D eigenvalue weighted by atomic mass is 10.2. The summed E-state index contributed by atoms with van der Waals surface area (Å²) in [6.45, 7) is 6.25. The number of aliphatic hydroxyl groups is 1. The molecule has 0 fully saturated rings. The molecule has 1 N–H and O–H groups in total. The standard InChI is InChI=1S/C19H21N3O5S2/c1-4-21-18(24)16-11(2)12(3)29-17(16)20-19(21)28-10-14(23)9-27-15-7-5-6-13(8-15)22(25)26/h5-8,14,23H,4,9-10H2,1-3H3/t14-/m0/s1. The monoisotopic (exact) mass is 435 g/mol. The van der Waals surface area contributed by atoms with Crippen molar-refractivity contribution in [3.05, 3.63) is 55.2 Å². The molecular weight excluding hydrogens is 414 g/mol. The van der Waals surface area contributed by atoms with Gasteiger partial charge in [-0.05, 0) is 32.4 Å². The maximum atomic E-state index is 12.8. The van der Waals surface area contributed by atoms with Crippen LogP contribution in [-0.4, -0.2) is 38.0 Å². The van der Waals surface area contributed by atoms with Crippen molar-refractivity contribution in [2.45, 2.75) is 38.6 Å². The summed E-state index contributed by atoms with van der Waals surface area (Å²) >= 11 is 2.78. The van der Waals surface area contributed by atoms with E-state index in [0.29, 0.717) is 27.7 Å². The van der Waals surface area contributed by atoms with Gasteiger partial charge in [-0.2, -0.15) is 0 Å². The number of rotatable bonds is 8. The quantitative estimate of drug-likeness (QED) is 0.250. The van der Waals surface area contributed by atoms with Gasteiger partial charge in [0, 0.05) is 23.2 Å². The number of ether oxygens (including phenoxy) is 1. The van der Waals surface area contributed by atoms with Crippen molar-refractivity contribution in [1.29, 1.82) is 0 Å². The number of aryl methyl sites for hydroxylation is 2. The molecule has 0 aliphatic rings. The Morgan fingerprint density at radius 1 is 1.41 bits per heavy atom. The Kier molecular flexibility index (Phi) is 6.56. The number of benzene rings is 1. The van der Waals surface area contributed by atoms with Gasteiger partial charge in [0.2, 0.25) is 0 Å². The smallest absolute Gasteiger partial charge is 0.273 e. The van der Waals surface area contributed by atoms with E-state index in [-0.39, 0.29) is 23.6 Å². The summed E-state index contributed by atoms with van der Waals surface area (Å²) in [5.41, 5.74) is 0.827. The molecule has 2 heterocycles. The number of hydrogen-bond acceptors (Lipinski definition) is 8. The van der Waals surface area contributed by atoms with Crippen LogP contribution in [0.2, 0.25) is 0 Å². The maximum Gasteiger partial charge on any atom is 0.273 e. The molecule has 0 spiro atoms. The molecule has 1 aromatic carbocycles. The van der Waals surface area contributed by atoms with Crippen molar-refractivity contribution in [3.63, 3.8) is 0 Å². The molecule has 0 amide bonds. The van der Waals surface area contributed by atoms with Gasteiger partial charge in [-0.25, -0.2) is 4.98 Å². The van der Waals surface area contributed by atoms with E-state index in [9.17, 15) is 20.0 Å². The Balaban J connectivity index is 1.69. The van der Waals surface area contributed by atoms with E-state index in [0.717, 1.165) is 10.4 Å². The van der Waals surface area contributed by atoms with Crippen LogP contribution in [0.3, 0.4) is 0 Å². The highest BCUT2D eigenvalue weighted by molar-refractivity contribution is 7.99. The first-order chi connectivity index (χ1) is 13.8. The van der Waals surface area contributed by atoms with Crippen molar-refractivity contribution in [2.75, 3.05) is 12.4 Å². The zero-order valence-corrected chi connectivity index (χ0v) is 17.9. The van der Waals surface area contributed by atoms with Gasteiger partial charge in [0.05, 0.1) is 22.5 Å². The topological polar surface area (TPSA) is 107 Å². The normalized spacial score (nSPS) is 12.3. The predicted octanol–water partition coefficient (Wildman–Crippen LogP) is 3.53. The van der Waals surface area contributed by atoms with Crippen molar-refractivity contribution in [1.82, 2.24) is 9.55 Å². The number of non-ortho nitro benzene ring substituents is 1. The first-order valence-corrected chi connectivity index (χ1v) is 10.8. The Bertz CT molecular complexity index is 1110. The molecule has 1 atom stereocenters. The van der Waals surface area contributed by atoms with Crippen LogP contribution in [0.1, 0.15) is 17.4 Å². The summed E-state index contributed by atoms with van der Waals surface area (Å²) < 4.78 is 7.07. The van der Waals surface area contributed by atoms with E-state index in [1.165, 1.54) is 41.3 Å². The van der Waals surface area contributed by atoms with Crippen LogP contribution in [0, 0.1) is 24.0 Å². The fourth-order valence-corrected chi connectivity index (χ4v) is 4.83. The molecule has 8 nitrogen and oxygen atoms in total. The molecule has 0 aliphatic heterocycles. The molecule has 10 heteroatoms. The number of nitro benzene ring substituents is 1. The van der Waals surface area contributed by atoms with Crippen LogP contribution in [0.5, 0.6) is 5.75 Å². The van der Waals surface area contributed by atoms with Crippen molar-refractivity contribution < 1.29 is 14.8 Å². The number of nitrogens with zero attached hydrogens (tertiary/aromatic N) is 3. The van der Waals surface area contributed by atoms with Gasteiger partial charge in [-0.3, -0.25) is 19.5 Å². The van der Waals surface area contributed by atoms with Crippen molar-refractivity contribution >= 4 is 39.0 Å². The Hall–Kier alpha value is -2.43. The third-order valence-corrected chi connectivity index (χ3v) is 6.67. The maximum absolute atomic E-state index is 12.8. The Morgan fingerprint density at radius 2 is 2.17 bits per heavy atom. The third kappa shape index (κ3) is 4.60. The fraction of sp³-hybridized carbons (Fsp3) is 0.368. The summed E-state index contributed by atoms with van der Waals surface area (Å²) in [5.74, 6) is 0.591. The van der Waals surface area contributed by atoms with Crippen LogP contribution < -0.4 is 10.3 Å². The number of hydrogen-bond donors (Lipinski definition) is 1. The average molecular weight is 436 g/mol. The summed E-state index contributed by atoms with van der Waals surface area (Å²) in [7, 11) is 0. The highest BCUT2D eigenvalue weighted by Gasteiger charge is 2.17. The molecule has 0 saturated heterocycles. The van der Waals surface area contributed by atoms with Gasteiger partial charge in [0.1, 0.15) is 17.2 Å². The first kappa shape index (κ1) is 21.3. The van der Waals surface area contributed by atoms with Crippen LogP contribution in [-0.2, 0) is 6.54 Å². The van der Waals surface area contributed by atoms with Gasteiger partial charge >= 0.3 is 0 Å². The summed E-state index contributed by atoms with van der Waals surface area (Å²) in [4.78, 5) is 29.6. The lowest BCUT2D eigenvalue weighted by Gasteiger charge is -2.14. The molecule has 0 saturated carbocycles. The van der Waals surface area contributed by atoms with Gasteiger partial charge < -0.3 is 9.84 Å². The van der Waals surface area contributed by atoms with Crippen molar-refractivity contribution in [2.24, 2.45) is 0 Å². The molecule has 0 aliphatic carbocycles. The summed E-state index contributed by atoms with van der Waals surface area (Å²) in [6, 6.07) is 5.81. The number of thiophene rings is 1. The minimum absolute atomic E-state index is 0.0238. The molecule has 154 valence electrons. The number of nitro groups is 1. The molecule has 2 aromatic heterocycles. The second-order valence-electron chi connectivity index (χ2n) is 6.44. The van der Waals surface area contributed by atoms with Gasteiger partial charge in [-0.1, -0.05) is 17.8 Å². The zero-order chi connectivity index (χ0) is 21.1. The van der Waals surface area contributed by atoms with E-state index in [1.54, 1.807) is 10.6 Å². The van der Waals surface area contributed by atoms with Crippen molar-refractivity contribution in [3.8, 4) is 5.75 Å². The van der Waals surface area contributed by atoms with Crippen LogP contribution in [0.25, 0.3) is 10.2 Å². The molecular formula is C19H21N3O5S2. The SMILES string of the molecule is CCn1c(SC[C@@H](O)COc2cccc([N+](=O)[O-])c2)nc2sc(C)c(C)c2c1=O. The predicted molar refractivity (Wildman–Crippen MR) is 114 cm³/mol. The Morgan fingerprint density at radius 3 is 2.86 bits per heavy atom. The summed E-state index contributed by atoms with van der Waals surface area (Å²) in [5, 5.41) is 22.3.